The first-order chi connectivity index (χ1) is 63.3. The van der Waals surface area contributed by atoms with Crippen molar-refractivity contribution in [3.8, 4) is 45.3 Å². The number of carbonyl (C=O) groups excluding carboxylic acids is 12. The average Bonchev–Trinajstić information content (AvgIpc) is 1.64. The summed E-state index contributed by atoms with van der Waals surface area (Å²) >= 11 is 0. The maximum absolute atomic E-state index is 15.1. The molecule has 0 saturated carbocycles. The number of aromatic nitrogens is 4. The second-order valence-electron chi connectivity index (χ2n) is 32.9. The van der Waals surface area contributed by atoms with Gasteiger partial charge in [-0.05, 0) is 150 Å². The third-order valence-electron chi connectivity index (χ3n) is 23.3. The number of ether oxygens (including phenoxy) is 3. The van der Waals surface area contributed by atoms with Crippen LogP contribution < -0.4 is 64.5 Å². The van der Waals surface area contributed by atoms with E-state index in [9.17, 15) is 52.7 Å². The maximum atomic E-state index is 15.1. The first-order valence-electron chi connectivity index (χ1n) is 44.6. The highest BCUT2D eigenvalue weighted by Gasteiger charge is 2.51. The quantitative estimate of drug-likeness (QED) is 0.00966. The molecular formula is C99H114N16O16. The Kier molecular flexibility index (Phi) is 33.9. The van der Waals surface area contributed by atoms with Crippen LogP contribution in [0.15, 0.2) is 193 Å². The zero-order valence-corrected chi connectivity index (χ0v) is 74.3. The van der Waals surface area contributed by atoms with E-state index in [-0.39, 0.29) is 95.2 Å². The average molecular weight is 1780 g/mol. The fraction of sp³-hybridized carbons (Fsp3) is 0.364. The standard InChI is InChI=1S/C99H114N16O16/c1-6-99(74-59-81-87-70(58-69-29-16-17-30-75(69)107-87)60-115(81)96(126)73(74)61-130-98(99)128)131-97(127)62(3)103-92(122)77(32-19-21-52-101)109-95(125)80(57-65-26-13-9-14-27-65)110-93(123)78(105-82(116)33-15-10-22-54-114-85(119)48-49-86(114)120)46-47-83(117)106-79(56-64-24-11-8-12-25-64)94(124)108-76(31-18-20-51-100)91(121)102-53-50-84(118)104-71-42-38-66(39-43-71)88-89(67-40-44-72(45-41-67)113(4)5)112-90(111-88)68-36-34-63(35-37-68)28-23-55-129-7-2/h8-9,11-14,16-17,23-30,34-45,48-49,58-59,62,76-80H,6-7,10,15,18-22,31-33,46-47,50-57,60-61,100-101H2,1-5H3,(H,102,121)(H,103,122)(H,104,118)(H,105,116)(H,106,117)(H,108,124)(H,109,125)(H,110,123)(H,111,112)/b28-23+/t62?,76?,77?,78-,79?,80?,99+/m0/s1. The van der Waals surface area contributed by atoms with Crippen LogP contribution in [-0.2, 0) is 103 Å². The molecular weight excluding hydrogens is 1670 g/mol. The van der Waals surface area contributed by atoms with E-state index < -0.39 is 138 Å². The second kappa shape index (κ2) is 46.2. The van der Waals surface area contributed by atoms with Crippen molar-refractivity contribution in [3.05, 3.63) is 232 Å². The lowest BCUT2D eigenvalue weighted by Gasteiger charge is -2.36. The van der Waals surface area contributed by atoms with E-state index >= 15 is 9.59 Å². The van der Waals surface area contributed by atoms with E-state index in [1.807, 2.05) is 129 Å². The number of cyclic esters (lactones) is 1. The zero-order valence-electron chi connectivity index (χ0n) is 74.3. The van der Waals surface area contributed by atoms with Gasteiger partial charge in [0.2, 0.25) is 52.9 Å². The molecule has 131 heavy (non-hydrogen) atoms. The first kappa shape index (κ1) is 96.0. The monoisotopic (exact) mass is 1780 g/mol. The van der Waals surface area contributed by atoms with Crippen molar-refractivity contribution in [2.24, 2.45) is 11.5 Å². The van der Waals surface area contributed by atoms with Gasteiger partial charge in [0.15, 0.2) is 0 Å². The number of carbonyl (C=O) groups is 12. The number of fused-ring (bicyclic) bond motifs is 5. The van der Waals surface area contributed by atoms with Gasteiger partial charge in [-0.25, -0.2) is 19.6 Å². The van der Waals surface area contributed by atoms with Crippen molar-refractivity contribution in [3.63, 3.8) is 0 Å². The Morgan fingerprint density at radius 3 is 1.80 bits per heavy atom. The highest BCUT2D eigenvalue weighted by molar-refractivity contribution is 6.13. The van der Waals surface area contributed by atoms with Crippen molar-refractivity contribution >= 4 is 99.4 Å². The molecule has 32 heteroatoms. The smallest absolute Gasteiger partial charge is 0.355 e. The number of imide groups is 1. The Bertz CT molecular complexity index is 5710. The summed E-state index contributed by atoms with van der Waals surface area (Å²) in [5.41, 5.74) is 19.6. The number of unbranched alkanes of at least 4 members (excludes halogenated alkanes) is 4. The molecule has 3 aromatic heterocycles. The Balaban J connectivity index is 0.711. The predicted octanol–water partition coefficient (Wildman–Crippen LogP) is 8.55. The molecule has 686 valence electrons. The number of amides is 10. The molecule has 0 bridgehead atoms. The van der Waals surface area contributed by atoms with Gasteiger partial charge in [0, 0.05) is 123 Å². The van der Waals surface area contributed by atoms with Crippen molar-refractivity contribution < 1.29 is 71.7 Å². The summed E-state index contributed by atoms with van der Waals surface area (Å²) in [7, 11) is 3.95. The van der Waals surface area contributed by atoms with Gasteiger partial charge in [0.1, 0.15) is 48.7 Å². The third-order valence-corrected chi connectivity index (χ3v) is 23.3. The topological polar surface area (TPSA) is 451 Å². The van der Waals surface area contributed by atoms with Crippen LogP contribution in [-0.4, -0.2) is 185 Å². The zero-order chi connectivity index (χ0) is 93.1. The summed E-state index contributed by atoms with van der Waals surface area (Å²) in [5.74, 6) is -8.07. The SMILES string of the molecule is CCOC/C=C/c1ccc(-c2nc(-c3ccc(N(C)C)cc3)c(-c3ccc(NC(=O)CCNC(=O)C(CCCCN)NC(=O)C(Cc4ccccc4)NC(=O)CC[C@H](NC(=O)CCCCCN4C(=O)C=CC4=O)C(=O)NC(Cc4ccccc4)C(=O)NC(CCCCN)C(=O)NC(C)C(=O)O[C@@]4(CC)C(=O)OCc5c4cc4n(c5=O)Cc5cc6ccccc6nc5-4)cc3)[nH]2)cc1. The molecule has 0 fully saturated rings. The lowest BCUT2D eigenvalue weighted by molar-refractivity contribution is -0.190. The lowest BCUT2D eigenvalue weighted by Crippen LogP contribution is -2.58. The molecule has 6 heterocycles. The molecule has 0 aliphatic carbocycles. The number of hydrogen-bond donors (Lipinski definition) is 11. The van der Waals surface area contributed by atoms with Crippen LogP contribution >= 0.6 is 0 Å². The van der Waals surface area contributed by atoms with E-state index in [2.05, 4.69) is 47.5 Å². The number of para-hydroxylation sites is 1. The van der Waals surface area contributed by atoms with E-state index in [4.69, 9.17) is 35.6 Å². The molecule has 3 aliphatic rings. The molecule has 7 atom stereocenters. The van der Waals surface area contributed by atoms with Crippen LogP contribution in [0.4, 0.5) is 11.4 Å². The number of nitrogens with zero attached hydrogens (tertiary/aromatic N) is 5. The number of benzene rings is 6. The number of aromatic amines is 1. The van der Waals surface area contributed by atoms with Crippen LogP contribution in [0, 0.1) is 0 Å². The van der Waals surface area contributed by atoms with Crippen molar-refractivity contribution in [2.45, 2.75) is 179 Å². The fourth-order valence-corrected chi connectivity index (χ4v) is 16.0. The van der Waals surface area contributed by atoms with Gasteiger partial charge in [-0.15, -0.1) is 0 Å². The maximum Gasteiger partial charge on any atom is 0.355 e. The van der Waals surface area contributed by atoms with E-state index in [0.29, 0.717) is 91.3 Å². The predicted molar refractivity (Wildman–Crippen MR) is 496 cm³/mol. The van der Waals surface area contributed by atoms with Gasteiger partial charge < -0.3 is 82.7 Å². The number of nitrogens with one attached hydrogen (secondary N) is 9. The number of pyridine rings is 2. The number of esters is 2. The summed E-state index contributed by atoms with van der Waals surface area (Å²) < 4.78 is 18.7. The van der Waals surface area contributed by atoms with Crippen LogP contribution in [0.5, 0.6) is 0 Å². The van der Waals surface area contributed by atoms with Gasteiger partial charge in [0.25, 0.3) is 17.4 Å². The van der Waals surface area contributed by atoms with Crippen LogP contribution in [0.2, 0.25) is 0 Å². The van der Waals surface area contributed by atoms with E-state index in [1.165, 1.54) is 23.6 Å². The summed E-state index contributed by atoms with van der Waals surface area (Å²) in [6.45, 7) is 6.30. The first-order valence-corrected chi connectivity index (χ1v) is 44.6. The normalized spacial score (nSPS) is 15.0. The Hall–Kier alpha value is -14.1. The van der Waals surface area contributed by atoms with Gasteiger partial charge in [-0.3, -0.25) is 57.6 Å². The minimum absolute atomic E-state index is 0.0285. The van der Waals surface area contributed by atoms with Crippen molar-refractivity contribution in [2.75, 3.05) is 63.7 Å². The second-order valence-corrected chi connectivity index (χ2v) is 32.9. The molecule has 13 N–H and O–H groups in total. The number of anilines is 2. The summed E-state index contributed by atoms with van der Waals surface area (Å²) in [6, 6.07) is 43.4. The Morgan fingerprint density at radius 2 is 1.16 bits per heavy atom. The molecule has 12 rings (SSSR count). The largest absolute Gasteiger partial charge is 0.457 e. The lowest BCUT2D eigenvalue weighted by atomic mass is 9.85. The van der Waals surface area contributed by atoms with Gasteiger partial charge in [-0.1, -0.05) is 153 Å². The molecule has 10 amide bonds. The van der Waals surface area contributed by atoms with Crippen LogP contribution in [0.1, 0.15) is 144 Å². The number of nitrogens with two attached hydrogens (primary N) is 2. The number of H-pyrrole nitrogens is 1. The van der Waals surface area contributed by atoms with E-state index in [1.54, 1.807) is 85.8 Å². The number of imidazole rings is 1. The molecule has 6 aromatic carbocycles. The van der Waals surface area contributed by atoms with Crippen LogP contribution in [0.3, 0.4) is 0 Å². The highest BCUT2D eigenvalue weighted by atomic mass is 16.6. The molecule has 3 aliphatic heterocycles. The van der Waals surface area contributed by atoms with Crippen LogP contribution in [0.25, 0.3) is 62.3 Å². The minimum atomic E-state index is -2.14. The Labute approximate surface area is 759 Å². The molecule has 9 aromatic rings. The fourth-order valence-electron chi connectivity index (χ4n) is 16.0. The van der Waals surface area contributed by atoms with E-state index in [0.717, 1.165) is 55.2 Å². The van der Waals surface area contributed by atoms with Crippen molar-refractivity contribution in [1.29, 1.82) is 0 Å². The molecule has 0 saturated heterocycles. The summed E-state index contributed by atoms with van der Waals surface area (Å²) in [5, 5.41) is 23.2. The van der Waals surface area contributed by atoms with Crippen molar-refractivity contribution in [1.82, 2.24) is 61.6 Å². The molecule has 0 radical (unpaired) electrons. The summed E-state index contributed by atoms with van der Waals surface area (Å²) in [4.78, 5) is 200. The number of hydrogen-bond acceptors (Lipinski definition) is 21. The molecule has 32 nitrogen and oxygen atoms in total. The third kappa shape index (κ3) is 25.3. The number of rotatable bonds is 47. The van der Waals surface area contributed by atoms with Gasteiger partial charge in [0.05, 0.1) is 47.0 Å². The highest BCUT2D eigenvalue weighted by Crippen LogP contribution is 2.42. The summed E-state index contributed by atoms with van der Waals surface area (Å²) in [6.07, 6.45) is 7.36. The molecule has 0 spiro atoms. The van der Waals surface area contributed by atoms with Gasteiger partial charge in [-0.2, -0.15) is 0 Å². The minimum Gasteiger partial charge on any atom is -0.457 e. The molecule has 5 unspecified atom stereocenters. The van der Waals surface area contributed by atoms with Gasteiger partial charge >= 0.3 is 11.9 Å². The Morgan fingerprint density at radius 1 is 0.580 bits per heavy atom.